The van der Waals surface area contributed by atoms with Crippen molar-refractivity contribution in [2.75, 3.05) is 0 Å². The lowest BCUT2D eigenvalue weighted by Crippen LogP contribution is -2.32. The van der Waals surface area contributed by atoms with E-state index in [2.05, 4.69) is 333 Å². The molecule has 642 valence electrons. The van der Waals surface area contributed by atoms with Crippen LogP contribution in [0.3, 0.4) is 0 Å². The summed E-state index contributed by atoms with van der Waals surface area (Å²) in [5.74, 6) is 0.402. The van der Waals surface area contributed by atoms with Crippen molar-refractivity contribution in [2.24, 2.45) is 48.2 Å². The lowest BCUT2D eigenvalue weighted by molar-refractivity contribution is -0.659. The molecule has 0 aliphatic rings. The molecule has 0 aliphatic heterocycles. The zero-order chi connectivity index (χ0) is 101. The number of aryl methyl sites for hydroxylation is 19. The fourth-order valence-corrected chi connectivity index (χ4v) is 18.1. The number of aromatic nitrogens is 6. The van der Waals surface area contributed by atoms with Gasteiger partial charge in [-0.25, -0.2) is 13.7 Å². The molecule has 0 radical (unpaired) electrons. The highest BCUT2D eigenvalue weighted by atomic mass is 15.0. The molecule has 6 aromatic heterocycles. The second kappa shape index (κ2) is 39.3. The highest BCUT2D eigenvalue weighted by Crippen LogP contribution is 2.37. The molecule has 18 aromatic rings. The summed E-state index contributed by atoms with van der Waals surface area (Å²) in [7, 11) is 12.4. The normalized spacial score (nSPS) is 12.9. The molecule has 0 atom stereocenters. The highest BCUT2D eigenvalue weighted by molar-refractivity contribution is 5.97. The summed E-state index contributed by atoms with van der Waals surface area (Å²) in [6.45, 7) is 33.0. The zero-order valence-electron chi connectivity index (χ0n) is 90.4. The predicted octanol–water partition coefficient (Wildman–Crippen LogP) is 27.9. The van der Waals surface area contributed by atoms with Gasteiger partial charge in [-0.15, -0.1) is 0 Å². The first kappa shape index (κ1) is 77.6. The Bertz CT molecular complexity index is 7700. The topological polar surface area (TPSA) is 23.3 Å². The molecule has 0 amide bonds. The van der Waals surface area contributed by atoms with E-state index in [0.717, 1.165) is 89.1 Å². The third kappa shape index (κ3) is 19.9. The van der Waals surface area contributed by atoms with Crippen molar-refractivity contribution in [3.8, 4) is 67.5 Å². The first-order valence-corrected chi connectivity index (χ1v) is 44.4. The van der Waals surface area contributed by atoms with Crippen molar-refractivity contribution in [1.29, 1.82) is 0 Å². The summed E-state index contributed by atoms with van der Waals surface area (Å²) in [6, 6.07) is 90.2. The third-order valence-electron chi connectivity index (χ3n) is 25.4. The molecule has 0 fully saturated rings. The maximum atomic E-state index is 8.55. The Balaban J connectivity index is 0.000000140. The van der Waals surface area contributed by atoms with E-state index in [4.69, 9.17) is 15.1 Å². The van der Waals surface area contributed by atoms with Gasteiger partial charge in [-0.2, -0.15) is 13.7 Å². The largest absolute Gasteiger partial charge is 0.220 e. The number of hydrogen-bond donors (Lipinski definition) is 0. The predicted molar refractivity (Wildman–Crippen MR) is 541 cm³/mol. The number of rotatable bonds is 9. The first-order valence-electron chi connectivity index (χ1n) is 49.9. The van der Waals surface area contributed by atoms with E-state index in [9.17, 15) is 0 Å². The maximum absolute atomic E-state index is 8.55. The fourth-order valence-electron chi connectivity index (χ4n) is 18.1. The van der Waals surface area contributed by atoms with Gasteiger partial charge in [0.15, 0.2) is 18.6 Å². The number of fused-ring (bicyclic) bond motifs is 6. The number of nitrogens with zero attached hydrogens (tertiary/aromatic N) is 6. The maximum Gasteiger partial charge on any atom is 0.220 e. The van der Waals surface area contributed by atoms with Gasteiger partial charge < -0.3 is 0 Å². The van der Waals surface area contributed by atoms with E-state index < -0.39 is 26.9 Å². The van der Waals surface area contributed by atoms with Crippen molar-refractivity contribution < 1.29 is 42.5 Å². The molecule has 127 heavy (non-hydrogen) atoms. The minimum Gasteiger partial charge on any atom is -0.200 e. The average molecular weight is 1680 g/mol. The summed E-state index contributed by atoms with van der Waals surface area (Å²) < 4.78 is 101. The second-order valence-corrected chi connectivity index (χ2v) is 35.7. The zero-order valence-corrected chi connectivity index (χ0v) is 79.4. The van der Waals surface area contributed by atoms with Crippen LogP contribution in [0, 0.1) is 130 Å². The van der Waals surface area contributed by atoms with E-state index in [1.807, 2.05) is 130 Å². The molecular formula is C121H134N6+6. The summed E-state index contributed by atoms with van der Waals surface area (Å²) in [5, 5.41) is 11.1. The second-order valence-electron chi connectivity index (χ2n) is 35.7. The summed E-state index contributed by atoms with van der Waals surface area (Å²) in [5.41, 5.74) is 37.3. The van der Waals surface area contributed by atoms with Crippen LogP contribution in [0.4, 0.5) is 0 Å². The molecule has 0 saturated heterocycles. The van der Waals surface area contributed by atoms with Crippen molar-refractivity contribution >= 4 is 65.0 Å². The Hall–Kier alpha value is -12.9. The van der Waals surface area contributed by atoms with Gasteiger partial charge in [0.1, 0.15) is 42.3 Å². The lowest BCUT2D eigenvalue weighted by atomic mass is 9.93. The number of hydrogen-bond acceptors (Lipinski definition) is 0. The minimum atomic E-state index is -2.17. The van der Waals surface area contributed by atoms with Crippen LogP contribution in [0.2, 0.25) is 0 Å². The number of pyridine rings is 6. The number of benzene rings is 12. The van der Waals surface area contributed by atoms with Crippen LogP contribution >= 0.6 is 0 Å². The van der Waals surface area contributed by atoms with Gasteiger partial charge in [-0.3, -0.25) is 0 Å². The Morgan fingerprint density at radius 2 is 0.646 bits per heavy atom. The van der Waals surface area contributed by atoms with Gasteiger partial charge in [0.05, 0.1) is 32.7 Å². The molecular weight excluding hydrogens is 1540 g/mol. The molecule has 0 saturated carbocycles. The lowest BCUT2D eigenvalue weighted by Gasteiger charge is -2.12. The summed E-state index contributed by atoms with van der Waals surface area (Å²) in [4.78, 5) is 0. The van der Waals surface area contributed by atoms with Crippen LogP contribution < -0.4 is 27.4 Å². The van der Waals surface area contributed by atoms with Gasteiger partial charge in [-0.1, -0.05) is 189 Å². The van der Waals surface area contributed by atoms with Gasteiger partial charge in [0.25, 0.3) is 0 Å². The van der Waals surface area contributed by atoms with Crippen molar-refractivity contribution in [1.82, 2.24) is 0 Å². The van der Waals surface area contributed by atoms with Gasteiger partial charge in [-0.05, 0) is 315 Å². The van der Waals surface area contributed by atoms with Crippen LogP contribution in [0.1, 0.15) is 160 Å². The molecule has 0 aliphatic carbocycles. The van der Waals surface area contributed by atoms with Crippen molar-refractivity contribution in [3.63, 3.8) is 0 Å². The van der Waals surface area contributed by atoms with E-state index in [1.165, 1.54) is 132 Å². The smallest absolute Gasteiger partial charge is 0.200 e. The van der Waals surface area contributed by atoms with Crippen LogP contribution in [0.15, 0.2) is 279 Å². The van der Waals surface area contributed by atoms with E-state index in [0.29, 0.717) is 28.2 Å². The molecule has 6 heterocycles. The first-order chi connectivity index (χ1) is 65.0. The Kier molecular flexibility index (Phi) is 24.0. The fraction of sp³-hybridized carbons (Fsp3) is 0.256. The molecule has 6 nitrogen and oxygen atoms in total. The van der Waals surface area contributed by atoms with Crippen LogP contribution in [0.25, 0.3) is 133 Å². The van der Waals surface area contributed by atoms with Crippen LogP contribution in [-0.4, -0.2) is 0 Å². The minimum absolute atomic E-state index is 0.154. The molecule has 6 heteroatoms. The third-order valence-corrected chi connectivity index (χ3v) is 25.4. The van der Waals surface area contributed by atoms with Crippen LogP contribution in [0.5, 0.6) is 0 Å². The Labute approximate surface area is 774 Å². The Morgan fingerprint density at radius 1 is 0.268 bits per heavy atom. The standard InChI is InChI=1S/C23H28N.C22H26N.C21H24N.2C19H20N.C17H16N/c1-15(2)12-19-8-7-9-22-20(19)10-11-23(24(22)6)21-14-16(3)13-17(4)18(21)5;1-14(2)18-7-8-20-19(13-18)9-10-23(6)22(20)21-12-15(3)11-16(4)17(21)5;1-13-10-15(3)17(5)18(11-13)20-12-16(4)21-14(2)8-7-9-19(21)22(20)6;1-13-11-14(2)15(3)17(12-13)19-10-9-16-7-5-6-8-18(16)20(19)4;1-13-11-14(2)15(3)18(12-13)19-17-8-6-5-7-16(17)9-10-20(19)4;1-13-7-3-5-9-15(13)17-16-10-6-4-8-14(16)11-12-18(17)2/h7-11,13-15H,12H2,1-6H3;7-14H,1-6H3;7-12H,1-6H3;2*5-12H,1-4H3;3-12H,1-2H3/q6*+1/i4D3,12D2;;3D3;2D3;;. The van der Waals surface area contributed by atoms with Gasteiger partial charge in [0, 0.05) is 103 Å². The molecule has 0 N–H and O–H groups in total. The quantitative estimate of drug-likeness (QED) is 0.129. The summed E-state index contributed by atoms with van der Waals surface area (Å²) in [6.07, 6.45) is 5.01. The average Bonchev–Trinajstić information content (AvgIpc) is 0.729. The Morgan fingerprint density at radius 3 is 1.15 bits per heavy atom. The molecule has 0 unspecified atom stereocenters. The van der Waals surface area contributed by atoms with Crippen molar-refractivity contribution in [3.05, 3.63) is 391 Å². The highest BCUT2D eigenvalue weighted by Gasteiger charge is 2.26. The van der Waals surface area contributed by atoms with E-state index in [1.54, 1.807) is 18.2 Å². The van der Waals surface area contributed by atoms with Crippen molar-refractivity contribution in [2.45, 2.75) is 164 Å². The van der Waals surface area contributed by atoms with Gasteiger partial charge in [0.2, 0.25) is 50.7 Å². The molecule has 0 spiro atoms. The van der Waals surface area contributed by atoms with E-state index in [-0.39, 0.29) is 5.92 Å². The van der Waals surface area contributed by atoms with Crippen LogP contribution in [-0.2, 0) is 48.7 Å². The monoisotopic (exact) mass is 1680 g/mol. The molecule has 12 aromatic carbocycles. The van der Waals surface area contributed by atoms with Gasteiger partial charge >= 0.3 is 0 Å². The SMILES string of the molecule is Cc1cc(C)c(C)c(-c2c3ccc(C(C)C)cc3cc[n+]2C)c1.Cc1cc(C)c(C)c(-c2c3ccccc3cc[n+]2C)c1.Cc1ccccc1-c1c2ccccc2cc[n+]1C.[2H]C([2H])([2H])c1cc(C)cc(-c2cc(C)c3c(C)cccc3[n+]2C)c1C.[2H]C([2H])([2H])c1cc(C)cc(-c2ccc3c(C([2H])([2H])C(C)C)cccc3[n+]2C)c1C.[2H]C([2H])([2H])c1cc(C)cc(-c2ccc3ccccc3[n+]2C)c1C. The molecule has 18 rings (SSSR count). The number of para-hydroxylation sites is 1. The molecule has 0 bridgehead atoms. The van der Waals surface area contributed by atoms with E-state index >= 15 is 0 Å². The summed E-state index contributed by atoms with van der Waals surface area (Å²) >= 11 is 0.